The average Bonchev–Trinajstić information content (AvgIpc) is 2.95. The van der Waals surface area contributed by atoms with Crippen LogP contribution in [0.1, 0.15) is 39.5 Å². The molecule has 0 aliphatic carbocycles. The van der Waals surface area contributed by atoms with Gasteiger partial charge in [0.15, 0.2) is 0 Å². The van der Waals surface area contributed by atoms with Gasteiger partial charge in [-0.05, 0) is 42.0 Å². The lowest BCUT2D eigenvalue weighted by molar-refractivity contribution is 0.599. The number of aromatic nitrogens is 4. The number of unbranched alkanes of at least 4 members (excludes halogenated alkanes) is 2. The second kappa shape index (κ2) is 6.98. The maximum absolute atomic E-state index is 13.8. The molecule has 1 aromatic heterocycles. The van der Waals surface area contributed by atoms with Crippen molar-refractivity contribution in [2.45, 2.75) is 45.6 Å². The van der Waals surface area contributed by atoms with E-state index in [1.807, 2.05) is 0 Å². The number of nitrogens with zero attached hydrogens (tertiary/aromatic N) is 4. The molecule has 0 aliphatic rings. The van der Waals surface area contributed by atoms with Gasteiger partial charge in [0, 0.05) is 6.04 Å². The molecule has 0 saturated carbocycles. The Bertz CT molecular complexity index is 526. The molecule has 0 saturated heterocycles. The van der Waals surface area contributed by atoms with Crippen molar-refractivity contribution in [3.05, 3.63) is 30.3 Å². The molecule has 1 N–H and O–H groups in total. The van der Waals surface area contributed by atoms with Crippen LogP contribution in [0, 0.1) is 5.82 Å². The number of rotatable bonds is 7. The summed E-state index contributed by atoms with van der Waals surface area (Å²) in [5.41, 5.74) is 1.22. The number of tetrazole rings is 1. The summed E-state index contributed by atoms with van der Waals surface area (Å²) in [7, 11) is 0. The highest BCUT2D eigenvalue weighted by atomic mass is 19.1. The van der Waals surface area contributed by atoms with E-state index in [1.54, 1.807) is 12.1 Å². The first-order valence-electron chi connectivity index (χ1n) is 7.00. The number of halogens is 1. The molecule has 2 rings (SSSR count). The van der Waals surface area contributed by atoms with Crippen molar-refractivity contribution in [3.63, 3.8) is 0 Å². The Balaban J connectivity index is 2.05. The Labute approximate surface area is 118 Å². The summed E-state index contributed by atoms with van der Waals surface area (Å²) < 4.78 is 15.3. The first kappa shape index (κ1) is 14.4. The fourth-order valence-electron chi connectivity index (χ4n) is 2.08. The molecular weight excluding hydrogens is 257 g/mol. The third-order valence-corrected chi connectivity index (χ3v) is 3.21. The quantitative estimate of drug-likeness (QED) is 0.790. The first-order valence-corrected chi connectivity index (χ1v) is 7.00. The fraction of sp³-hybridized carbons (Fsp3) is 0.500. The zero-order chi connectivity index (χ0) is 14.4. The van der Waals surface area contributed by atoms with Crippen LogP contribution in [0.2, 0.25) is 0 Å². The number of hydrogen-bond acceptors (Lipinski definition) is 4. The van der Waals surface area contributed by atoms with Crippen LogP contribution < -0.4 is 5.32 Å². The van der Waals surface area contributed by atoms with Crippen LogP contribution in [0.15, 0.2) is 24.5 Å². The SMILES string of the molecule is CCCCCC(C)Nc1cc(-n2cnnn2)ccc1F. The second-order valence-electron chi connectivity index (χ2n) is 4.96. The van der Waals surface area contributed by atoms with Crippen molar-refractivity contribution in [1.82, 2.24) is 20.2 Å². The van der Waals surface area contributed by atoms with Gasteiger partial charge in [-0.2, -0.15) is 0 Å². The van der Waals surface area contributed by atoms with Crippen LogP contribution >= 0.6 is 0 Å². The highest BCUT2D eigenvalue weighted by Crippen LogP contribution is 2.20. The fourth-order valence-corrected chi connectivity index (χ4v) is 2.08. The van der Waals surface area contributed by atoms with Gasteiger partial charge in [-0.25, -0.2) is 9.07 Å². The lowest BCUT2D eigenvalue weighted by Gasteiger charge is -2.16. The standard InChI is InChI=1S/C14H20FN5/c1-3-4-5-6-11(2)17-14-9-12(7-8-13(14)15)20-10-16-18-19-20/h7-11,17H,3-6H2,1-2H3. The number of benzene rings is 1. The van der Waals surface area contributed by atoms with E-state index in [0.29, 0.717) is 5.69 Å². The summed E-state index contributed by atoms with van der Waals surface area (Å²) in [6.07, 6.45) is 6.07. The molecule has 1 unspecified atom stereocenters. The molecule has 108 valence electrons. The summed E-state index contributed by atoms with van der Waals surface area (Å²) in [4.78, 5) is 0. The summed E-state index contributed by atoms with van der Waals surface area (Å²) in [5, 5.41) is 14.2. The summed E-state index contributed by atoms with van der Waals surface area (Å²) in [6, 6.07) is 5.04. The molecule has 5 nitrogen and oxygen atoms in total. The molecule has 6 heteroatoms. The Morgan fingerprint density at radius 2 is 2.20 bits per heavy atom. The van der Waals surface area contributed by atoms with Crippen molar-refractivity contribution in [2.24, 2.45) is 0 Å². The average molecular weight is 277 g/mol. The molecule has 0 fully saturated rings. The third kappa shape index (κ3) is 3.76. The zero-order valence-electron chi connectivity index (χ0n) is 11.9. The third-order valence-electron chi connectivity index (χ3n) is 3.21. The van der Waals surface area contributed by atoms with Crippen LogP contribution in [0.3, 0.4) is 0 Å². The van der Waals surface area contributed by atoms with E-state index in [9.17, 15) is 4.39 Å². The Morgan fingerprint density at radius 1 is 1.35 bits per heavy atom. The minimum atomic E-state index is -0.260. The van der Waals surface area contributed by atoms with E-state index < -0.39 is 0 Å². The number of anilines is 1. The number of nitrogens with one attached hydrogen (secondary N) is 1. The van der Waals surface area contributed by atoms with Crippen molar-refractivity contribution >= 4 is 5.69 Å². The van der Waals surface area contributed by atoms with E-state index in [1.165, 1.54) is 29.9 Å². The number of hydrogen-bond donors (Lipinski definition) is 1. The molecule has 1 aromatic carbocycles. The van der Waals surface area contributed by atoms with Gasteiger partial charge in [-0.15, -0.1) is 5.10 Å². The molecule has 2 aromatic rings. The van der Waals surface area contributed by atoms with Gasteiger partial charge >= 0.3 is 0 Å². The Kier molecular flexibility index (Phi) is 5.03. The minimum absolute atomic E-state index is 0.236. The molecule has 0 spiro atoms. The summed E-state index contributed by atoms with van der Waals surface area (Å²) >= 11 is 0. The lowest BCUT2D eigenvalue weighted by atomic mass is 10.1. The predicted molar refractivity (Wildman–Crippen MR) is 76.3 cm³/mol. The van der Waals surface area contributed by atoms with Gasteiger partial charge in [-0.3, -0.25) is 0 Å². The predicted octanol–water partition coefficient (Wildman–Crippen LogP) is 3.18. The highest BCUT2D eigenvalue weighted by Gasteiger charge is 2.09. The van der Waals surface area contributed by atoms with Gasteiger partial charge in [0.2, 0.25) is 0 Å². The van der Waals surface area contributed by atoms with Crippen LogP contribution in [0.5, 0.6) is 0 Å². The second-order valence-corrected chi connectivity index (χ2v) is 4.96. The maximum atomic E-state index is 13.8. The summed E-state index contributed by atoms with van der Waals surface area (Å²) in [6.45, 7) is 4.24. The monoisotopic (exact) mass is 277 g/mol. The van der Waals surface area contributed by atoms with E-state index >= 15 is 0 Å². The van der Waals surface area contributed by atoms with Crippen LogP contribution in [0.25, 0.3) is 5.69 Å². The Hall–Kier alpha value is -1.98. The van der Waals surface area contributed by atoms with Crippen LogP contribution in [-0.2, 0) is 0 Å². The van der Waals surface area contributed by atoms with E-state index in [2.05, 4.69) is 34.7 Å². The van der Waals surface area contributed by atoms with Crippen molar-refractivity contribution in [3.8, 4) is 5.69 Å². The van der Waals surface area contributed by atoms with Gasteiger partial charge < -0.3 is 5.32 Å². The summed E-state index contributed by atoms with van der Waals surface area (Å²) in [5.74, 6) is -0.260. The highest BCUT2D eigenvalue weighted by molar-refractivity contribution is 5.52. The largest absolute Gasteiger partial charge is 0.380 e. The molecule has 1 atom stereocenters. The van der Waals surface area contributed by atoms with Gasteiger partial charge in [0.05, 0.1) is 11.4 Å². The smallest absolute Gasteiger partial charge is 0.146 e. The van der Waals surface area contributed by atoms with E-state index in [0.717, 1.165) is 18.5 Å². The molecule has 0 amide bonds. The minimum Gasteiger partial charge on any atom is -0.380 e. The van der Waals surface area contributed by atoms with Crippen LogP contribution in [-0.4, -0.2) is 26.2 Å². The van der Waals surface area contributed by atoms with Gasteiger partial charge in [0.1, 0.15) is 12.1 Å². The zero-order valence-corrected chi connectivity index (χ0v) is 11.9. The van der Waals surface area contributed by atoms with Crippen molar-refractivity contribution in [1.29, 1.82) is 0 Å². The Morgan fingerprint density at radius 3 is 2.90 bits per heavy atom. The maximum Gasteiger partial charge on any atom is 0.146 e. The van der Waals surface area contributed by atoms with Crippen molar-refractivity contribution < 1.29 is 4.39 Å². The van der Waals surface area contributed by atoms with Gasteiger partial charge in [-0.1, -0.05) is 26.2 Å². The molecule has 1 heterocycles. The van der Waals surface area contributed by atoms with E-state index in [-0.39, 0.29) is 11.9 Å². The van der Waals surface area contributed by atoms with Crippen molar-refractivity contribution in [2.75, 3.05) is 5.32 Å². The first-order chi connectivity index (χ1) is 9.70. The van der Waals surface area contributed by atoms with Gasteiger partial charge in [0.25, 0.3) is 0 Å². The molecule has 0 aliphatic heterocycles. The molecule has 0 radical (unpaired) electrons. The van der Waals surface area contributed by atoms with Crippen LogP contribution in [0.4, 0.5) is 10.1 Å². The molecule has 20 heavy (non-hydrogen) atoms. The molecule has 0 bridgehead atoms. The lowest BCUT2D eigenvalue weighted by Crippen LogP contribution is -2.16. The molecular formula is C14H20FN5. The normalized spacial score (nSPS) is 12.3. The van der Waals surface area contributed by atoms with E-state index in [4.69, 9.17) is 0 Å². The topological polar surface area (TPSA) is 55.6 Å².